The summed E-state index contributed by atoms with van der Waals surface area (Å²) >= 11 is 0. The van der Waals surface area contributed by atoms with Crippen molar-refractivity contribution in [2.75, 3.05) is 11.4 Å². The predicted molar refractivity (Wildman–Crippen MR) is 93.1 cm³/mol. The molecule has 2 aromatic rings. The Balaban J connectivity index is 1.67. The van der Waals surface area contributed by atoms with Crippen molar-refractivity contribution < 1.29 is 9.32 Å². The molecule has 0 bridgehead atoms. The van der Waals surface area contributed by atoms with Gasteiger partial charge in [-0.15, -0.1) is 0 Å². The van der Waals surface area contributed by atoms with Gasteiger partial charge in [0.05, 0.1) is 5.92 Å². The van der Waals surface area contributed by atoms with Gasteiger partial charge in [0.25, 0.3) is 0 Å². The number of hydrogen-bond acceptors (Lipinski definition) is 4. The van der Waals surface area contributed by atoms with E-state index < -0.39 is 0 Å². The molecule has 24 heavy (non-hydrogen) atoms. The van der Waals surface area contributed by atoms with Crippen LogP contribution in [0.3, 0.4) is 0 Å². The summed E-state index contributed by atoms with van der Waals surface area (Å²) < 4.78 is 5.36. The molecule has 1 unspecified atom stereocenters. The molecule has 128 valence electrons. The van der Waals surface area contributed by atoms with Gasteiger partial charge in [-0.25, -0.2) is 0 Å². The third-order valence-corrected chi connectivity index (χ3v) is 4.50. The van der Waals surface area contributed by atoms with Crippen LogP contribution < -0.4 is 4.90 Å². The van der Waals surface area contributed by atoms with Gasteiger partial charge in [-0.1, -0.05) is 37.6 Å². The van der Waals surface area contributed by atoms with Crippen LogP contribution in [0, 0.1) is 0 Å². The first kappa shape index (κ1) is 16.7. The highest BCUT2D eigenvalue weighted by atomic mass is 16.5. The molecule has 1 aromatic heterocycles. The normalized spacial score (nSPS) is 17.7. The zero-order valence-corrected chi connectivity index (χ0v) is 14.5. The minimum absolute atomic E-state index is 0.00428. The number of carbonyl (C=O) groups excluding carboxylic acids is 1. The molecule has 5 heteroatoms. The Labute approximate surface area is 143 Å². The number of aryl methyl sites for hydroxylation is 2. The number of hydrogen-bond donors (Lipinski definition) is 0. The van der Waals surface area contributed by atoms with E-state index in [-0.39, 0.29) is 11.8 Å². The van der Waals surface area contributed by atoms with E-state index >= 15 is 0 Å². The summed E-state index contributed by atoms with van der Waals surface area (Å²) in [6.07, 6.45) is 5.71. The van der Waals surface area contributed by atoms with E-state index in [1.54, 1.807) is 0 Å². The smallest absolute Gasteiger partial charge is 0.232 e. The highest BCUT2D eigenvalue weighted by Gasteiger charge is 2.35. The second-order valence-electron chi connectivity index (χ2n) is 6.47. The molecule has 1 atom stereocenters. The average Bonchev–Trinajstić information content (AvgIpc) is 3.20. The number of benzene rings is 1. The van der Waals surface area contributed by atoms with Crippen LogP contribution in [-0.2, 0) is 17.6 Å². The second kappa shape index (κ2) is 7.60. The third kappa shape index (κ3) is 3.66. The molecule has 1 aliphatic rings. The molecule has 1 amide bonds. The van der Waals surface area contributed by atoms with Crippen molar-refractivity contribution >= 4 is 11.6 Å². The number of nitrogens with zero attached hydrogens (tertiary/aromatic N) is 3. The summed E-state index contributed by atoms with van der Waals surface area (Å²) in [4.78, 5) is 18.7. The largest absolute Gasteiger partial charge is 0.339 e. The molecule has 3 rings (SSSR count). The molecule has 0 radical (unpaired) electrons. The first-order chi connectivity index (χ1) is 11.7. The Morgan fingerprint density at radius 2 is 1.96 bits per heavy atom. The highest BCUT2D eigenvalue weighted by molar-refractivity contribution is 5.96. The Morgan fingerprint density at radius 1 is 1.17 bits per heavy atom. The van der Waals surface area contributed by atoms with E-state index in [4.69, 9.17) is 4.52 Å². The molecule has 0 saturated carbocycles. The van der Waals surface area contributed by atoms with Gasteiger partial charge in [0, 0.05) is 25.1 Å². The number of aromatic nitrogens is 2. The van der Waals surface area contributed by atoms with Gasteiger partial charge in [-0.3, -0.25) is 4.79 Å². The van der Waals surface area contributed by atoms with Crippen LogP contribution in [-0.4, -0.2) is 22.6 Å². The fourth-order valence-corrected chi connectivity index (χ4v) is 3.10. The van der Waals surface area contributed by atoms with E-state index in [2.05, 4.69) is 36.1 Å². The lowest BCUT2D eigenvalue weighted by atomic mass is 10.1. The van der Waals surface area contributed by atoms with E-state index in [0.717, 1.165) is 30.8 Å². The molecular formula is C19H25N3O2. The maximum absolute atomic E-state index is 12.4. The van der Waals surface area contributed by atoms with Gasteiger partial charge in [0.15, 0.2) is 5.82 Å². The van der Waals surface area contributed by atoms with E-state index in [9.17, 15) is 4.79 Å². The van der Waals surface area contributed by atoms with Crippen molar-refractivity contribution in [1.82, 2.24) is 10.1 Å². The van der Waals surface area contributed by atoms with Crippen LogP contribution in [0.4, 0.5) is 5.69 Å². The fraction of sp³-hybridized carbons (Fsp3) is 0.526. The van der Waals surface area contributed by atoms with E-state index in [0.29, 0.717) is 18.9 Å². The molecular weight excluding hydrogens is 302 g/mol. The third-order valence-electron chi connectivity index (χ3n) is 4.50. The minimum Gasteiger partial charge on any atom is -0.339 e. The second-order valence-corrected chi connectivity index (χ2v) is 6.47. The molecule has 5 nitrogen and oxygen atoms in total. The number of unbranched alkanes of at least 4 members (excludes halogenated alkanes) is 1. The van der Waals surface area contributed by atoms with Gasteiger partial charge < -0.3 is 9.42 Å². The Morgan fingerprint density at radius 3 is 2.67 bits per heavy atom. The number of carbonyl (C=O) groups is 1. The predicted octanol–water partition coefficient (Wildman–Crippen LogP) is 3.89. The van der Waals surface area contributed by atoms with Gasteiger partial charge in [-0.05, 0) is 37.0 Å². The number of amides is 1. The fourth-order valence-electron chi connectivity index (χ4n) is 3.10. The average molecular weight is 327 g/mol. The molecule has 2 heterocycles. The number of rotatable bonds is 7. The molecule has 0 aliphatic carbocycles. The van der Waals surface area contributed by atoms with Crippen molar-refractivity contribution in [2.24, 2.45) is 0 Å². The van der Waals surface area contributed by atoms with Crippen LogP contribution in [0.2, 0.25) is 0 Å². The van der Waals surface area contributed by atoms with Crippen molar-refractivity contribution in [3.05, 3.63) is 41.5 Å². The quantitative estimate of drug-likeness (QED) is 0.774. The van der Waals surface area contributed by atoms with E-state index in [1.807, 2.05) is 17.0 Å². The monoisotopic (exact) mass is 327 g/mol. The van der Waals surface area contributed by atoms with Crippen LogP contribution in [0.1, 0.15) is 62.7 Å². The minimum atomic E-state index is -0.00428. The van der Waals surface area contributed by atoms with Crippen LogP contribution in [0.25, 0.3) is 0 Å². The van der Waals surface area contributed by atoms with Crippen molar-refractivity contribution in [2.45, 2.75) is 58.3 Å². The summed E-state index contributed by atoms with van der Waals surface area (Å²) in [7, 11) is 0. The van der Waals surface area contributed by atoms with Gasteiger partial charge >= 0.3 is 0 Å². The SMILES string of the molecule is CCCCc1ccc(N2CC(c3nc(CCC)no3)CC2=O)cc1. The summed E-state index contributed by atoms with van der Waals surface area (Å²) in [6, 6.07) is 8.33. The molecule has 1 aliphatic heterocycles. The Kier molecular flexibility index (Phi) is 5.28. The summed E-state index contributed by atoms with van der Waals surface area (Å²) in [5, 5.41) is 4.00. The maximum Gasteiger partial charge on any atom is 0.232 e. The molecule has 1 saturated heterocycles. The lowest BCUT2D eigenvalue weighted by Gasteiger charge is -2.16. The Hall–Kier alpha value is -2.17. The maximum atomic E-state index is 12.4. The van der Waals surface area contributed by atoms with Crippen molar-refractivity contribution in [1.29, 1.82) is 0 Å². The summed E-state index contributed by atoms with van der Waals surface area (Å²) in [5.41, 5.74) is 2.28. The number of anilines is 1. The van der Waals surface area contributed by atoms with Crippen LogP contribution in [0.5, 0.6) is 0 Å². The van der Waals surface area contributed by atoms with Gasteiger partial charge in [0.1, 0.15) is 0 Å². The zero-order chi connectivity index (χ0) is 16.9. The Bertz CT molecular complexity index is 678. The molecule has 1 aromatic carbocycles. The molecule has 1 fully saturated rings. The standard InChI is InChI=1S/C19H25N3O2/c1-3-5-7-14-8-10-16(11-9-14)22-13-15(12-18(22)23)19-20-17(6-4-2)21-24-19/h8-11,15H,3-7,12-13H2,1-2H3. The summed E-state index contributed by atoms with van der Waals surface area (Å²) in [5.74, 6) is 1.44. The van der Waals surface area contributed by atoms with E-state index in [1.165, 1.54) is 18.4 Å². The van der Waals surface area contributed by atoms with Gasteiger partial charge in [0.2, 0.25) is 11.8 Å². The van der Waals surface area contributed by atoms with Crippen molar-refractivity contribution in [3.8, 4) is 0 Å². The molecule has 0 N–H and O–H groups in total. The highest BCUT2D eigenvalue weighted by Crippen LogP contribution is 2.31. The van der Waals surface area contributed by atoms with Crippen LogP contribution >= 0.6 is 0 Å². The van der Waals surface area contributed by atoms with Crippen LogP contribution in [0.15, 0.2) is 28.8 Å². The van der Waals surface area contributed by atoms with Gasteiger partial charge in [-0.2, -0.15) is 4.98 Å². The van der Waals surface area contributed by atoms with Crippen molar-refractivity contribution in [3.63, 3.8) is 0 Å². The summed E-state index contributed by atoms with van der Waals surface area (Å²) in [6.45, 7) is 4.89. The zero-order valence-electron chi connectivity index (χ0n) is 14.5. The topological polar surface area (TPSA) is 59.2 Å². The lowest BCUT2D eigenvalue weighted by Crippen LogP contribution is -2.24. The molecule has 0 spiro atoms. The lowest BCUT2D eigenvalue weighted by molar-refractivity contribution is -0.117. The first-order valence-electron chi connectivity index (χ1n) is 8.93. The first-order valence-corrected chi connectivity index (χ1v) is 8.93.